The van der Waals surface area contributed by atoms with Crippen molar-refractivity contribution in [2.24, 2.45) is 0 Å². The van der Waals surface area contributed by atoms with Crippen LogP contribution in [0.2, 0.25) is 5.02 Å². The molecule has 94 valence electrons. The Hall–Kier alpha value is -0.770. The first-order valence-corrected chi connectivity index (χ1v) is 6.32. The fourth-order valence-corrected chi connectivity index (χ4v) is 2.46. The predicted octanol–water partition coefficient (Wildman–Crippen LogP) is 2.28. The molecule has 2 atom stereocenters. The predicted molar refractivity (Wildman–Crippen MR) is 70.9 cm³/mol. The summed E-state index contributed by atoms with van der Waals surface area (Å²) in [5.41, 5.74) is 2.17. The van der Waals surface area contributed by atoms with Gasteiger partial charge >= 0.3 is 0 Å². The maximum Gasteiger partial charge on any atom is 0.124 e. The maximum absolute atomic E-state index is 6.21. The number of hydrogen-bond acceptors (Lipinski definition) is 3. The molecule has 1 heterocycles. The van der Waals surface area contributed by atoms with Gasteiger partial charge in [0.15, 0.2) is 0 Å². The molecule has 17 heavy (non-hydrogen) atoms. The smallest absolute Gasteiger partial charge is 0.124 e. The summed E-state index contributed by atoms with van der Waals surface area (Å²) in [6, 6.07) is 4.63. The van der Waals surface area contributed by atoms with Crippen LogP contribution in [0.5, 0.6) is 5.75 Å². The first-order chi connectivity index (χ1) is 8.13. The van der Waals surface area contributed by atoms with E-state index in [0.717, 1.165) is 35.0 Å². The van der Waals surface area contributed by atoms with Crippen molar-refractivity contribution >= 4 is 11.6 Å². The topological polar surface area (TPSA) is 33.3 Å². The average molecular weight is 255 g/mol. The van der Waals surface area contributed by atoms with Crippen LogP contribution in [0.15, 0.2) is 12.1 Å². The van der Waals surface area contributed by atoms with E-state index >= 15 is 0 Å². The van der Waals surface area contributed by atoms with Gasteiger partial charge in [-0.15, -0.1) is 0 Å². The molecule has 0 saturated carbocycles. The van der Waals surface area contributed by atoms with Crippen molar-refractivity contribution in [1.29, 1.82) is 0 Å². The molecule has 1 aliphatic rings. The third kappa shape index (κ3) is 2.57. The second-order valence-corrected chi connectivity index (χ2v) is 4.93. The molecule has 1 fully saturated rings. The lowest BCUT2D eigenvalue weighted by Crippen LogP contribution is -2.49. The Morgan fingerprint density at radius 1 is 1.29 bits per heavy atom. The summed E-state index contributed by atoms with van der Waals surface area (Å²) in [6.45, 7) is 6.12. The van der Waals surface area contributed by atoms with E-state index in [9.17, 15) is 0 Å². The lowest BCUT2D eigenvalue weighted by Gasteiger charge is -2.32. The Morgan fingerprint density at radius 3 is 2.65 bits per heavy atom. The number of nitrogens with one attached hydrogen (secondary N) is 2. The molecule has 0 amide bonds. The number of ether oxygens (including phenoxy) is 1. The van der Waals surface area contributed by atoms with Crippen molar-refractivity contribution in [3.63, 3.8) is 0 Å². The largest absolute Gasteiger partial charge is 0.496 e. The van der Waals surface area contributed by atoms with Gasteiger partial charge < -0.3 is 15.4 Å². The third-order valence-electron chi connectivity index (χ3n) is 3.30. The monoisotopic (exact) mass is 254 g/mol. The number of methoxy groups -OCH3 is 1. The van der Waals surface area contributed by atoms with Gasteiger partial charge in [0, 0.05) is 29.7 Å². The van der Waals surface area contributed by atoms with Crippen LogP contribution in [-0.4, -0.2) is 26.2 Å². The third-order valence-corrected chi connectivity index (χ3v) is 3.71. The van der Waals surface area contributed by atoms with Gasteiger partial charge in [-0.3, -0.25) is 0 Å². The molecule has 1 aromatic rings. The van der Waals surface area contributed by atoms with E-state index in [0.29, 0.717) is 6.04 Å². The molecule has 4 heteroatoms. The van der Waals surface area contributed by atoms with E-state index in [1.165, 1.54) is 0 Å². The molecular formula is C13H19ClN2O. The van der Waals surface area contributed by atoms with E-state index < -0.39 is 0 Å². The van der Waals surface area contributed by atoms with Gasteiger partial charge in [0.1, 0.15) is 5.75 Å². The Labute approximate surface area is 107 Å². The highest BCUT2D eigenvalue weighted by molar-refractivity contribution is 6.31. The summed E-state index contributed by atoms with van der Waals surface area (Å²) >= 11 is 6.21. The SMILES string of the molecule is COc1cc(C)c(Cl)cc1C1NCCNC1C. The molecule has 0 spiro atoms. The van der Waals surface area contributed by atoms with E-state index in [1.54, 1.807) is 7.11 Å². The van der Waals surface area contributed by atoms with Gasteiger partial charge in [-0.1, -0.05) is 11.6 Å². The summed E-state index contributed by atoms with van der Waals surface area (Å²) in [6.07, 6.45) is 0. The summed E-state index contributed by atoms with van der Waals surface area (Å²) in [7, 11) is 1.70. The zero-order chi connectivity index (χ0) is 12.4. The van der Waals surface area contributed by atoms with E-state index in [2.05, 4.69) is 17.6 Å². The molecule has 0 bridgehead atoms. The minimum Gasteiger partial charge on any atom is -0.496 e. The van der Waals surface area contributed by atoms with Crippen LogP contribution in [0.1, 0.15) is 24.1 Å². The molecule has 0 aliphatic carbocycles. The molecule has 1 aromatic carbocycles. The number of rotatable bonds is 2. The van der Waals surface area contributed by atoms with Crippen LogP contribution in [0, 0.1) is 6.92 Å². The van der Waals surface area contributed by atoms with Gasteiger partial charge in [-0.2, -0.15) is 0 Å². The van der Waals surface area contributed by atoms with Crippen molar-refractivity contribution in [2.45, 2.75) is 25.9 Å². The fraction of sp³-hybridized carbons (Fsp3) is 0.538. The molecule has 2 rings (SSSR count). The minimum absolute atomic E-state index is 0.247. The van der Waals surface area contributed by atoms with Crippen molar-refractivity contribution in [3.8, 4) is 5.75 Å². The van der Waals surface area contributed by atoms with Crippen LogP contribution >= 0.6 is 11.6 Å². The first kappa shape index (κ1) is 12.7. The van der Waals surface area contributed by atoms with Crippen molar-refractivity contribution < 1.29 is 4.74 Å². The molecule has 3 nitrogen and oxygen atoms in total. The van der Waals surface area contributed by atoms with E-state index in [1.807, 2.05) is 19.1 Å². The summed E-state index contributed by atoms with van der Waals surface area (Å²) < 4.78 is 5.46. The zero-order valence-corrected chi connectivity index (χ0v) is 11.3. The van der Waals surface area contributed by atoms with E-state index in [-0.39, 0.29) is 6.04 Å². The molecule has 1 aliphatic heterocycles. The molecule has 0 radical (unpaired) electrons. The van der Waals surface area contributed by atoms with Crippen molar-refractivity contribution in [2.75, 3.05) is 20.2 Å². The van der Waals surface area contributed by atoms with Crippen molar-refractivity contribution in [3.05, 3.63) is 28.3 Å². The first-order valence-electron chi connectivity index (χ1n) is 5.94. The average Bonchev–Trinajstić information content (AvgIpc) is 2.33. The minimum atomic E-state index is 0.247. The van der Waals surface area contributed by atoms with Crippen molar-refractivity contribution in [1.82, 2.24) is 10.6 Å². The Morgan fingerprint density at radius 2 is 2.00 bits per heavy atom. The molecule has 1 saturated heterocycles. The zero-order valence-electron chi connectivity index (χ0n) is 10.5. The Kier molecular flexibility index (Phi) is 3.92. The normalized spacial score (nSPS) is 24.7. The molecule has 2 N–H and O–H groups in total. The van der Waals surface area contributed by atoms with Crippen LogP contribution in [0.3, 0.4) is 0 Å². The highest BCUT2D eigenvalue weighted by Crippen LogP contribution is 2.33. The second-order valence-electron chi connectivity index (χ2n) is 4.52. The second kappa shape index (κ2) is 5.25. The number of benzene rings is 1. The van der Waals surface area contributed by atoms with Crippen LogP contribution < -0.4 is 15.4 Å². The van der Waals surface area contributed by atoms with Crippen LogP contribution in [0.4, 0.5) is 0 Å². The fourth-order valence-electron chi connectivity index (χ4n) is 2.29. The van der Waals surface area contributed by atoms with Gasteiger partial charge in [-0.05, 0) is 31.5 Å². The number of aryl methyl sites for hydroxylation is 1. The standard InChI is InChI=1S/C13H19ClN2O/c1-8-6-12(17-3)10(7-11(8)14)13-9(2)15-4-5-16-13/h6-7,9,13,15-16H,4-5H2,1-3H3. The van der Waals surface area contributed by atoms with Gasteiger partial charge in [0.05, 0.1) is 13.2 Å². The number of hydrogen-bond donors (Lipinski definition) is 2. The van der Waals surface area contributed by atoms with Gasteiger partial charge in [0.2, 0.25) is 0 Å². The van der Waals surface area contributed by atoms with E-state index in [4.69, 9.17) is 16.3 Å². The number of halogens is 1. The summed E-state index contributed by atoms with van der Waals surface area (Å²) in [4.78, 5) is 0. The van der Waals surface area contributed by atoms with Crippen LogP contribution in [0.25, 0.3) is 0 Å². The Bertz CT molecular complexity index is 409. The summed E-state index contributed by atoms with van der Waals surface area (Å²) in [5, 5.41) is 7.75. The van der Waals surface area contributed by atoms with Gasteiger partial charge in [-0.25, -0.2) is 0 Å². The summed E-state index contributed by atoms with van der Waals surface area (Å²) in [5.74, 6) is 0.903. The lowest BCUT2D eigenvalue weighted by molar-refractivity contribution is 0.330. The lowest BCUT2D eigenvalue weighted by atomic mass is 9.96. The number of piperazine rings is 1. The molecule has 0 aromatic heterocycles. The quantitative estimate of drug-likeness (QED) is 0.850. The maximum atomic E-state index is 6.21. The highest BCUT2D eigenvalue weighted by atomic mass is 35.5. The highest BCUT2D eigenvalue weighted by Gasteiger charge is 2.25. The molecule has 2 unspecified atom stereocenters. The Balaban J connectivity index is 2.38. The van der Waals surface area contributed by atoms with Gasteiger partial charge in [0.25, 0.3) is 0 Å². The van der Waals surface area contributed by atoms with Crippen LogP contribution in [-0.2, 0) is 0 Å². The molecular weight excluding hydrogens is 236 g/mol.